The summed E-state index contributed by atoms with van der Waals surface area (Å²) < 4.78 is 0. The molecule has 0 spiro atoms. The summed E-state index contributed by atoms with van der Waals surface area (Å²) in [5, 5.41) is 11.0. The molecule has 0 bridgehead atoms. The Kier molecular flexibility index (Phi) is 7.09. The van der Waals surface area contributed by atoms with Crippen molar-refractivity contribution in [2.24, 2.45) is 16.8 Å². The molecule has 3 fully saturated rings. The van der Waals surface area contributed by atoms with Crippen LogP contribution in [0.4, 0.5) is 11.4 Å². The number of anilines is 1. The number of benzene rings is 2. The number of nitrogens with one attached hydrogen (secondary N) is 1. The lowest BCUT2D eigenvalue weighted by Gasteiger charge is -2.38. The highest BCUT2D eigenvalue weighted by Crippen LogP contribution is 2.36. The van der Waals surface area contributed by atoms with Gasteiger partial charge in [-0.1, -0.05) is 43.2 Å². The van der Waals surface area contributed by atoms with Crippen LogP contribution >= 0.6 is 0 Å². The first-order valence-corrected chi connectivity index (χ1v) is 12.7. The minimum atomic E-state index is -0.334. The fourth-order valence-electron chi connectivity index (χ4n) is 5.87. The van der Waals surface area contributed by atoms with Crippen LogP contribution in [0.2, 0.25) is 0 Å². The molecule has 5 rings (SSSR count). The molecule has 2 heterocycles. The van der Waals surface area contributed by atoms with Crippen molar-refractivity contribution in [2.45, 2.75) is 63.5 Å². The molecule has 2 aromatic carbocycles. The largest absolute Gasteiger partial charge is 0.371 e. The monoisotopic (exact) mass is 462 g/mol. The predicted molar refractivity (Wildman–Crippen MR) is 134 cm³/mol. The quantitative estimate of drug-likeness (QED) is 0.432. The van der Waals surface area contributed by atoms with E-state index < -0.39 is 0 Å². The van der Waals surface area contributed by atoms with E-state index in [1.165, 1.54) is 44.1 Å². The van der Waals surface area contributed by atoms with E-state index in [1.54, 1.807) is 12.1 Å². The molecule has 1 N–H and O–H groups in total. The molecule has 0 radical (unpaired) electrons. The molecule has 0 aromatic heterocycles. The number of nitro benzene ring substituents is 1. The van der Waals surface area contributed by atoms with Crippen LogP contribution in [0.5, 0.6) is 0 Å². The number of nitro groups is 1. The summed E-state index contributed by atoms with van der Waals surface area (Å²) in [5.74, 6) is 2.24. The van der Waals surface area contributed by atoms with Gasteiger partial charge in [0.05, 0.1) is 11.0 Å². The summed E-state index contributed by atoms with van der Waals surface area (Å²) >= 11 is 0. The van der Waals surface area contributed by atoms with Crippen LogP contribution in [0.1, 0.15) is 63.0 Å². The van der Waals surface area contributed by atoms with Crippen molar-refractivity contribution >= 4 is 17.2 Å². The van der Waals surface area contributed by atoms with Crippen LogP contribution in [0, 0.1) is 22.0 Å². The first-order valence-electron chi connectivity index (χ1n) is 12.7. The van der Waals surface area contributed by atoms with Gasteiger partial charge in [-0.3, -0.25) is 25.4 Å². The highest BCUT2D eigenvalue weighted by molar-refractivity contribution is 5.83. The minimum absolute atomic E-state index is 0.0376. The smallest absolute Gasteiger partial charge is 0.269 e. The summed E-state index contributed by atoms with van der Waals surface area (Å²) in [6.45, 7) is 2.04. The third-order valence-corrected chi connectivity index (χ3v) is 7.64. The zero-order chi connectivity index (χ0) is 23.3. The van der Waals surface area contributed by atoms with E-state index in [1.807, 2.05) is 18.2 Å². The number of hydroxylamine groups is 1. The standard InChI is InChI=1S/C27H34N4O3/c32-31(33)24-14-12-23(13-15-24)30-16-6-7-20(19-30)17-22-10-4-5-11-25(22)28-27-18-26(34-29-27)21-8-2-1-3-9-21/h1-3,8-9,12-15,20,22,25-26H,4-7,10-11,16-19H2,(H,28,29)/t20-,22+,25-,26?/m1/s1. The van der Waals surface area contributed by atoms with Crippen LogP contribution in [-0.2, 0) is 4.84 Å². The summed E-state index contributed by atoms with van der Waals surface area (Å²) in [4.78, 5) is 24.0. The van der Waals surface area contributed by atoms with Crippen molar-refractivity contribution in [2.75, 3.05) is 18.0 Å². The van der Waals surface area contributed by atoms with Crippen LogP contribution < -0.4 is 10.4 Å². The van der Waals surface area contributed by atoms with Gasteiger partial charge in [-0.25, -0.2) is 0 Å². The van der Waals surface area contributed by atoms with Gasteiger partial charge in [-0.15, -0.1) is 0 Å². The first kappa shape index (κ1) is 22.8. The Morgan fingerprint density at radius 2 is 1.82 bits per heavy atom. The zero-order valence-corrected chi connectivity index (χ0v) is 19.6. The lowest BCUT2D eigenvalue weighted by Crippen LogP contribution is -2.38. The van der Waals surface area contributed by atoms with Crippen molar-refractivity contribution in [1.82, 2.24) is 5.48 Å². The van der Waals surface area contributed by atoms with E-state index in [-0.39, 0.29) is 16.7 Å². The van der Waals surface area contributed by atoms with E-state index in [4.69, 9.17) is 9.83 Å². The number of hydrogen-bond acceptors (Lipinski definition) is 5. The van der Waals surface area contributed by atoms with E-state index in [9.17, 15) is 10.1 Å². The summed E-state index contributed by atoms with van der Waals surface area (Å²) in [6.07, 6.45) is 9.42. The van der Waals surface area contributed by atoms with Crippen LogP contribution in [0.25, 0.3) is 0 Å². The second kappa shape index (κ2) is 10.6. The molecular weight excluding hydrogens is 428 g/mol. The molecule has 7 nitrogen and oxygen atoms in total. The minimum Gasteiger partial charge on any atom is -0.371 e. The van der Waals surface area contributed by atoms with Gasteiger partial charge in [-0.2, -0.15) is 0 Å². The average molecular weight is 463 g/mol. The van der Waals surface area contributed by atoms with Gasteiger partial charge in [-0.05, 0) is 61.6 Å². The molecule has 1 aliphatic carbocycles. The Labute approximate surface area is 201 Å². The molecule has 2 aliphatic heterocycles. The lowest BCUT2D eigenvalue weighted by atomic mass is 9.77. The molecule has 3 aliphatic rings. The third-order valence-electron chi connectivity index (χ3n) is 7.64. The van der Waals surface area contributed by atoms with Crippen molar-refractivity contribution in [1.29, 1.82) is 0 Å². The Bertz CT molecular complexity index is 995. The van der Waals surface area contributed by atoms with Gasteiger partial charge in [0.1, 0.15) is 11.9 Å². The van der Waals surface area contributed by atoms with Crippen molar-refractivity contribution in [3.8, 4) is 0 Å². The molecule has 1 unspecified atom stereocenters. The predicted octanol–water partition coefficient (Wildman–Crippen LogP) is 5.82. The van der Waals surface area contributed by atoms with Crippen molar-refractivity contribution in [3.05, 3.63) is 70.3 Å². The SMILES string of the molecule is O=[N+]([O-])c1ccc(N2CCC[C@H](C[C@@H]3CCCC[C@H]3N=C3CC(c4ccccc4)ON3)C2)cc1. The zero-order valence-electron chi connectivity index (χ0n) is 19.6. The molecule has 180 valence electrons. The fourth-order valence-corrected chi connectivity index (χ4v) is 5.87. The van der Waals surface area contributed by atoms with E-state index in [2.05, 4.69) is 34.6 Å². The second-order valence-corrected chi connectivity index (χ2v) is 9.97. The number of piperidine rings is 1. The number of non-ortho nitro benzene ring substituents is 1. The number of aliphatic imine (C=N–C) groups is 1. The maximum absolute atomic E-state index is 11.0. The molecule has 0 amide bonds. The first-order chi connectivity index (χ1) is 16.7. The molecule has 7 heteroatoms. The molecule has 34 heavy (non-hydrogen) atoms. The Morgan fingerprint density at radius 3 is 2.62 bits per heavy atom. The fraction of sp³-hybridized carbons (Fsp3) is 0.519. The van der Waals surface area contributed by atoms with E-state index in [0.717, 1.165) is 37.5 Å². The number of rotatable bonds is 6. The van der Waals surface area contributed by atoms with Gasteiger partial charge < -0.3 is 4.90 Å². The normalized spacial score (nSPS) is 28.6. The van der Waals surface area contributed by atoms with Gasteiger partial charge in [0, 0.05) is 37.3 Å². The Morgan fingerprint density at radius 1 is 1.03 bits per heavy atom. The van der Waals surface area contributed by atoms with Crippen molar-refractivity contribution in [3.63, 3.8) is 0 Å². The average Bonchev–Trinajstić information content (AvgIpc) is 3.35. The van der Waals surface area contributed by atoms with Crippen LogP contribution in [0.3, 0.4) is 0 Å². The third kappa shape index (κ3) is 5.41. The molecule has 4 atom stereocenters. The lowest BCUT2D eigenvalue weighted by molar-refractivity contribution is -0.384. The molecule has 1 saturated carbocycles. The summed E-state index contributed by atoms with van der Waals surface area (Å²) in [6, 6.07) is 17.7. The number of amidine groups is 1. The van der Waals surface area contributed by atoms with Gasteiger partial charge in [0.25, 0.3) is 5.69 Å². The Balaban J connectivity index is 1.20. The summed E-state index contributed by atoms with van der Waals surface area (Å²) in [5.41, 5.74) is 5.55. The molecular formula is C27H34N4O3. The van der Waals surface area contributed by atoms with Gasteiger partial charge in [0.2, 0.25) is 0 Å². The van der Waals surface area contributed by atoms with Gasteiger partial charge >= 0.3 is 0 Å². The van der Waals surface area contributed by atoms with Crippen molar-refractivity contribution < 1.29 is 9.76 Å². The second-order valence-electron chi connectivity index (χ2n) is 9.97. The maximum Gasteiger partial charge on any atom is 0.269 e. The molecule has 2 saturated heterocycles. The maximum atomic E-state index is 11.0. The van der Waals surface area contributed by atoms with E-state index in [0.29, 0.717) is 17.9 Å². The van der Waals surface area contributed by atoms with Gasteiger partial charge in [0.15, 0.2) is 0 Å². The topological polar surface area (TPSA) is 80.0 Å². The Hall–Kier alpha value is -2.93. The molecule has 2 aromatic rings. The van der Waals surface area contributed by atoms with E-state index >= 15 is 0 Å². The number of nitrogens with zero attached hydrogens (tertiary/aromatic N) is 3. The van der Waals surface area contributed by atoms with Crippen LogP contribution in [0.15, 0.2) is 59.6 Å². The number of hydrogen-bond donors (Lipinski definition) is 1. The highest BCUT2D eigenvalue weighted by atomic mass is 16.7. The highest BCUT2D eigenvalue weighted by Gasteiger charge is 2.31. The van der Waals surface area contributed by atoms with Crippen LogP contribution in [-0.4, -0.2) is 29.9 Å². The summed E-state index contributed by atoms with van der Waals surface area (Å²) in [7, 11) is 0.